The number of benzene rings is 2. The topological polar surface area (TPSA) is 41.1 Å². The van der Waals surface area contributed by atoms with Crippen molar-refractivity contribution in [3.8, 4) is 0 Å². The van der Waals surface area contributed by atoms with Crippen molar-refractivity contribution in [2.75, 3.05) is 17.2 Å². The molecule has 0 atom stereocenters. The fourth-order valence-electron chi connectivity index (χ4n) is 1.87. The summed E-state index contributed by atoms with van der Waals surface area (Å²) in [6, 6.07) is 8.17. The zero-order valence-corrected chi connectivity index (χ0v) is 12.0. The average molecular weight is 311 g/mol. The maximum atomic E-state index is 13.8. The lowest BCUT2D eigenvalue weighted by atomic mass is 10.1. The predicted octanol–water partition coefficient (Wildman–Crippen LogP) is 4.30. The van der Waals surface area contributed by atoms with E-state index >= 15 is 0 Å². The summed E-state index contributed by atoms with van der Waals surface area (Å²) in [6.07, 6.45) is 0. The molecule has 0 unspecified atom stereocenters. The zero-order valence-electron chi connectivity index (χ0n) is 11.2. The molecule has 6 heteroatoms. The Kier molecular flexibility index (Phi) is 4.75. The highest BCUT2D eigenvalue weighted by atomic mass is 35.5. The average Bonchev–Trinajstić information content (AvgIpc) is 2.45. The number of rotatable bonds is 4. The molecule has 0 radical (unpaired) electrons. The highest BCUT2D eigenvalue weighted by molar-refractivity contribution is 6.34. The first-order valence-electron chi connectivity index (χ1n) is 6.32. The molecule has 0 bridgehead atoms. The minimum atomic E-state index is -0.655. The van der Waals surface area contributed by atoms with Crippen molar-refractivity contribution in [1.29, 1.82) is 0 Å². The molecule has 0 fully saturated rings. The second-order valence-corrected chi connectivity index (χ2v) is 4.65. The molecule has 21 heavy (non-hydrogen) atoms. The van der Waals surface area contributed by atoms with E-state index in [1.54, 1.807) is 6.92 Å². The van der Waals surface area contributed by atoms with Crippen molar-refractivity contribution in [1.82, 2.24) is 0 Å². The van der Waals surface area contributed by atoms with Crippen molar-refractivity contribution in [2.45, 2.75) is 6.92 Å². The molecule has 0 saturated heterocycles. The monoisotopic (exact) mass is 310 g/mol. The van der Waals surface area contributed by atoms with Gasteiger partial charge in [0.2, 0.25) is 0 Å². The molecule has 2 aromatic rings. The van der Waals surface area contributed by atoms with Crippen LogP contribution in [-0.4, -0.2) is 12.5 Å². The molecule has 0 aliphatic carbocycles. The number of carbonyl (C=O) groups is 1. The molecule has 2 rings (SSSR count). The highest BCUT2D eigenvalue weighted by Crippen LogP contribution is 2.27. The van der Waals surface area contributed by atoms with Gasteiger partial charge in [-0.2, -0.15) is 0 Å². The molecule has 0 saturated carbocycles. The first-order valence-corrected chi connectivity index (χ1v) is 6.70. The highest BCUT2D eigenvalue weighted by Gasteiger charge is 2.17. The SMILES string of the molecule is CCNc1c(F)cccc1C(=O)Nc1c(F)cccc1Cl. The van der Waals surface area contributed by atoms with Crippen molar-refractivity contribution < 1.29 is 13.6 Å². The Hall–Kier alpha value is -2.14. The van der Waals surface area contributed by atoms with Gasteiger partial charge in [-0.25, -0.2) is 8.78 Å². The standard InChI is InChI=1S/C15H13ClF2N2O/c1-2-19-13-9(5-3-7-11(13)17)15(21)20-14-10(16)6-4-8-12(14)18/h3-8,19H,2H2,1H3,(H,20,21). The predicted molar refractivity (Wildman–Crippen MR) is 79.9 cm³/mol. The van der Waals surface area contributed by atoms with Crippen molar-refractivity contribution in [3.63, 3.8) is 0 Å². The lowest BCUT2D eigenvalue weighted by Gasteiger charge is -2.13. The van der Waals surface area contributed by atoms with Crippen LogP contribution in [0, 0.1) is 11.6 Å². The fourth-order valence-corrected chi connectivity index (χ4v) is 2.08. The van der Waals surface area contributed by atoms with E-state index in [1.807, 2.05) is 0 Å². The molecule has 0 aliphatic rings. The van der Waals surface area contributed by atoms with Gasteiger partial charge < -0.3 is 10.6 Å². The van der Waals surface area contributed by atoms with E-state index in [2.05, 4.69) is 10.6 Å². The maximum absolute atomic E-state index is 13.8. The molecule has 0 aromatic heterocycles. The lowest BCUT2D eigenvalue weighted by Crippen LogP contribution is -2.16. The number of para-hydroxylation sites is 2. The number of amides is 1. The Morgan fingerprint density at radius 2 is 1.71 bits per heavy atom. The Labute approximate surface area is 125 Å². The number of hydrogen-bond donors (Lipinski definition) is 2. The number of nitrogens with one attached hydrogen (secondary N) is 2. The molecule has 3 nitrogen and oxygen atoms in total. The van der Waals surface area contributed by atoms with E-state index in [-0.39, 0.29) is 22.0 Å². The Morgan fingerprint density at radius 3 is 2.33 bits per heavy atom. The normalized spacial score (nSPS) is 10.3. The minimum absolute atomic E-state index is 0.0738. The summed E-state index contributed by atoms with van der Waals surface area (Å²) in [5, 5.41) is 5.22. The molecule has 2 N–H and O–H groups in total. The van der Waals surface area contributed by atoms with E-state index in [0.717, 1.165) is 0 Å². The van der Waals surface area contributed by atoms with Gasteiger partial charge >= 0.3 is 0 Å². The van der Waals surface area contributed by atoms with Gasteiger partial charge in [0.1, 0.15) is 11.6 Å². The van der Waals surface area contributed by atoms with E-state index in [9.17, 15) is 13.6 Å². The second kappa shape index (κ2) is 6.54. The Morgan fingerprint density at radius 1 is 1.10 bits per heavy atom. The summed E-state index contributed by atoms with van der Waals surface area (Å²) in [6.45, 7) is 2.23. The van der Waals surface area contributed by atoms with Crippen LogP contribution in [0.4, 0.5) is 20.2 Å². The van der Waals surface area contributed by atoms with Crippen molar-refractivity contribution in [3.05, 3.63) is 58.6 Å². The van der Waals surface area contributed by atoms with Gasteiger partial charge in [0, 0.05) is 6.54 Å². The minimum Gasteiger partial charge on any atom is -0.382 e. The van der Waals surface area contributed by atoms with Crippen LogP contribution in [0.15, 0.2) is 36.4 Å². The summed E-state index contributed by atoms with van der Waals surface area (Å²) in [4.78, 5) is 12.2. The van der Waals surface area contributed by atoms with Crippen molar-refractivity contribution >= 4 is 28.9 Å². The van der Waals surface area contributed by atoms with Gasteiger partial charge in [0.25, 0.3) is 5.91 Å². The number of anilines is 2. The van der Waals surface area contributed by atoms with Crippen LogP contribution in [0.25, 0.3) is 0 Å². The second-order valence-electron chi connectivity index (χ2n) is 4.24. The number of halogens is 3. The van der Waals surface area contributed by atoms with Crippen LogP contribution < -0.4 is 10.6 Å². The third kappa shape index (κ3) is 3.31. The van der Waals surface area contributed by atoms with Crippen molar-refractivity contribution in [2.24, 2.45) is 0 Å². The first-order chi connectivity index (χ1) is 10.0. The van der Waals surface area contributed by atoms with Gasteiger partial charge in [0.05, 0.1) is 22.0 Å². The molecule has 0 aliphatic heterocycles. The molecule has 1 amide bonds. The van der Waals surface area contributed by atoms with E-state index in [4.69, 9.17) is 11.6 Å². The van der Waals surface area contributed by atoms with E-state index in [0.29, 0.717) is 6.54 Å². The Balaban J connectivity index is 2.35. The summed E-state index contributed by atoms with van der Waals surface area (Å²) in [5.41, 5.74) is 0.0250. The quantitative estimate of drug-likeness (QED) is 0.884. The third-order valence-electron chi connectivity index (χ3n) is 2.81. The number of carbonyl (C=O) groups excluding carboxylic acids is 1. The maximum Gasteiger partial charge on any atom is 0.257 e. The molecule has 2 aromatic carbocycles. The van der Waals surface area contributed by atoms with Gasteiger partial charge in [0.15, 0.2) is 0 Å². The fraction of sp³-hybridized carbons (Fsp3) is 0.133. The summed E-state index contributed by atoms with van der Waals surface area (Å²) < 4.78 is 27.4. The van der Waals surface area contributed by atoms with Gasteiger partial charge in [-0.3, -0.25) is 4.79 Å². The van der Waals surface area contributed by atoms with Crippen LogP contribution in [0.3, 0.4) is 0 Å². The molecule has 0 spiro atoms. The largest absolute Gasteiger partial charge is 0.382 e. The third-order valence-corrected chi connectivity index (χ3v) is 3.13. The summed E-state index contributed by atoms with van der Waals surface area (Å²) >= 11 is 5.85. The summed E-state index contributed by atoms with van der Waals surface area (Å²) in [5.74, 6) is -1.85. The smallest absolute Gasteiger partial charge is 0.257 e. The van der Waals surface area contributed by atoms with Gasteiger partial charge in [-0.05, 0) is 31.2 Å². The lowest BCUT2D eigenvalue weighted by molar-refractivity contribution is 0.102. The molecular formula is C15H13ClF2N2O. The molecule has 110 valence electrons. The van der Waals surface area contributed by atoms with Crippen LogP contribution >= 0.6 is 11.6 Å². The van der Waals surface area contributed by atoms with Crippen LogP contribution in [-0.2, 0) is 0 Å². The van der Waals surface area contributed by atoms with Crippen LogP contribution in [0.1, 0.15) is 17.3 Å². The zero-order chi connectivity index (χ0) is 15.4. The van der Waals surface area contributed by atoms with Gasteiger partial charge in [-0.15, -0.1) is 0 Å². The van der Waals surface area contributed by atoms with E-state index in [1.165, 1.54) is 36.4 Å². The summed E-state index contributed by atoms with van der Waals surface area (Å²) in [7, 11) is 0. The number of hydrogen-bond acceptors (Lipinski definition) is 2. The Bertz CT molecular complexity index is 656. The molecule has 0 heterocycles. The van der Waals surface area contributed by atoms with Crippen LogP contribution in [0.2, 0.25) is 5.02 Å². The van der Waals surface area contributed by atoms with E-state index < -0.39 is 17.5 Å². The van der Waals surface area contributed by atoms with Crippen LogP contribution in [0.5, 0.6) is 0 Å². The molecular weight excluding hydrogens is 298 g/mol. The van der Waals surface area contributed by atoms with Gasteiger partial charge in [-0.1, -0.05) is 23.7 Å². The first kappa shape index (κ1) is 15.3.